The van der Waals surface area contributed by atoms with Gasteiger partial charge < -0.3 is 15.0 Å². The molecule has 0 saturated heterocycles. The zero-order valence-corrected chi connectivity index (χ0v) is 18.9. The maximum absolute atomic E-state index is 12.9. The third-order valence-electron chi connectivity index (χ3n) is 4.68. The summed E-state index contributed by atoms with van der Waals surface area (Å²) in [6.07, 6.45) is 1.79. The summed E-state index contributed by atoms with van der Waals surface area (Å²) < 4.78 is 6.65. The SMILES string of the molecule is CCCNC(=O)[C@H](C)N(Cc1ccc(Br)cc1)C(=O)COc1ccc(CC)cc1. The van der Waals surface area contributed by atoms with E-state index in [1.54, 1.807) is 11.8 Å². The van der Waals surface area contributed by atoms with Crippen molar-refractivity contribution in [2.24, 2.45) is 0 Å². The number of benzene rings is 2. The van der Waals surface area contributed by atoms with Gasteiger partial charge in [0.2, 0.25) is 5.91 Å². The van der Waals surface area contributed by atoms with Crippen LogP contribution in [0.3, 0.4) is 0 Å². The van der Waals surface area contributed by atoms with E-state index in [1.165, 1.54) is 5.56 Å². The van der Waals surface area contributed by atoms with Gasteiger partial charge in [-0.05, 0) is 55.2 Å². The second-order valence-electron chi connectivity index (χ2n) is 6.90. The molecular weight excluding hydrogens is 432 g/mol. The number of nitrogens with zero attached hydrogens (tertiary/aromatic N) is 1. The Morgan fingerprint density at radius 3 is 2.24 bits per heavy atom. The summed E-state index contributed by atoms with van der Waals surface area (Å²) in [6, 6.07) is 14.8. The summed E-state index contributed by atoms with van der Waals surface area (Å²) in [6.45, 7) is 6.64. The molecule has 0 fully saturated rings. The van der Waals surface area contributed by atoms with Crippen LogP contribution in [0.1, 0.15) is 38.3 Å². The Bertz CT molecular complexity index is 791. The molecule has 2 aromatic rings. The van der Waals surface area contributed by atoms with Crippen molar-refractivity contribution < 1.29 is 14.3 Å². The second kappa shape index (κ2) is 11.6. The highest BCUT2D eigenvalue weighted by Crippen LogP contribution is 2.16. The molecule has 1 atom stereocenters. The van der Waals surface area contributed by atoms with Crippen molar-refractivity contribution in [3.8, 4) is 5.75 Å². The normalized spacial score (nSPS) is 11.6. The maximum atomic E-state index is 12.9. The lowest BCUT2D eigenvalue weighted by molar-refractivity contribution is -0.142. The molecule has 29 heavy (non-hydrogen) atoms. The number of rotatable bonds is 10. The predicted molar refractivity (Wildman–Crippen MR) is 119 cm³/mol. The smallest absolute Gasteiger partial charge is 0.261 e. The molecule has 0 radical (unpaired) electrons. The van der Waals surface area contributed by atoms with Crippen molar-refractivity contribution in [3.05, 3.63) is 64.1 Å². The van der Waals surface area contributed by atoms with E-state index in [-0.39, 0.29) is 18.4 Å². The molecular formula is C23H29BrN2O3. The highest BCUT2D eigenvalue weighted by atomic mass is 79.9. The van der Waals surface area contributed by atoms with Crippen molar-refractivity contribution in [3.63, 3.8) is 0 Å². The van der Waals surface area contributed by atoms with Crippen molar-refractivity contribution in [2.75, 3.05) is 13.2 Å². The number of amides is 2. The van der Waals surface area contributed by atoms with Crippen molar-refractivity contribution in [1.29, 1.82) is 0 Å². The van der Waals surface area contributed by atoms with E-state index in [4.69, 9.17) is 4.74 Å². The largest absolute Gasteiger partial charge is 0.484 e. The topological polar surface area (TPSA) is 58.6 Å². The van der Waals surface area contributed by atoms with Crippen LogP contribution in [0.15, 0.2) is 53.0 Å². The van der Waals surface area contributed by atoms with Crippen LogP contribution in [-0.2, 0) is 22.6 Å². The standard InChI is InChI=1S/C23H29BrN2O3/c1-4-14-25-23(28)17(3)26(15-19-6-10-20(24)11-7-19)22(27)16-29-21-12-8-18(5-2)9-13-21/h6-13,17H,4-5,14-16H2,1-3H3,(H,25,28)/t17-/m0/s1. The summed E-state index contributed by atoms with van der Waals surface area (Å²) in [5.41, 5.74) is 2.16. The Morgan fingerprint density at radius 2 is 1.66 bits per heavy atom. The number of halogens is 1. The Morgan fingerprint density at radius 1 is 1.03 bits per heavy atom. The average Bonchev–Trinajstić information content (AvgIpc) is 2.75. The third-order valence-corrected chi connectivity index (χ3v) is 5.21. The quantitative estimate of drug-likeness (QED) is 0.573. The fourth-order valence-corrected chi connectivity index (χ4v) is 3.08. The molecule has 2 aromatic carbocycles. The number of carbonyl (C=O) groups is 2. The molecule has 2 amide bonds. The lowest BCUT2D eigenvalue weighted by Crippen LogP contribution is -2.49. The zero-order chi connectivity index (χ0) is 21.2. The number of carbonyl (C=O) groups excluding carboxylic acids is 2. The van der Waals surface area contributed by atoms with Gasteiger partial charge in [-0.25, -0.2) is 0 Å². The number of hydrogen-bond acceptors (Lipinski definition) is 3. The first-order valence-corrected chi connectivity index (χ1v) is 10.8. The van der Waals surface area contributed by atoms with Gasteiger partial charge in [-0.15, -0.1) is 0 Å². The molecule has 0 heterocycles. The minimum atomic E-state index is -0.594. The van der Waals surface area contributed by atoms with E-state index in [2.05, 4.69) is 28.2 Å². The van der Waals surface area contributed by atoms with Gasteiger partial charge in [0, 0.05) is 17.6 Å². The monoisotopic (exact) mass is 460 g/mol. The molecule has 156 valence electrons. The van der Waals surface area contributed by atoms with E-state index in [1.807, 2.05) is 55.5 Å². The molecule has 1 N–H and O–H groups in total. The molecule has 5 nitrogen and oxygen atoms in total. The number of aryl methyl sites for hydroxylation is 1. The van der Waals surface area contributed by atoms with Gasteiger partial charge in [0.15, 0.2) is 6.61 Å². The number of hydrogen-bond donors (Lipinski definition) is 1. The van der Waals surface area contributed by atoms with Gasteiger partial charge in [0.05, 0.1) is 0 Å². The zero-order valence-electron chi connectivity index (χ0n) is 17.3. The molecule has 6 heteroatoms. The molecule has 0 aromatic heterocycles. The Labute approximate surface area is 181 Å². The Hall–Kier alpha value is -2.34. The van der Waals surface area contributed by atoms with Crippen LogP contribution >= 0.6 is 15.9 Å². The van der Waals surface area contributed by atoms with E-state index >= 15 is 0 Å². The van der Waals surface area contributed by atoms with Gasteiger partial charge in [-0.3, -0.25) is 9.59 Å². The van der Waals surface area contributed by atoms with Crippen LogP contribution in [0.25, 0.3) is 0 Å². The molecule has 0 aliphatic rings. The summed E-state index contributed by atoms with van der Waals surface area (Å²) in [4.78, 5) is 27.0. The summed E-state index contributed by atoms with van der Waals surface area (Å²) in [5.74, 6) is 0.249. The third kappa shape index (κ3) is 7.20. The lowest BCUT2D eigenvalue weighted by Gasteiger charge is -2.28. The first kappa shape index (κ1) is 22.9. The van der Waals surface area contributed by atoms with E-state index in [9.17, 15) is 9.59 Å². The van der Waals surface area contributed by atoms with E-state index in [0.29, 0.717) is 18.8 Å². The van der Waals surface area contributed by atoms with Gasteiger partial charge in [0.1, 0.15) is 11.8 Å². The average molecular weight is 461 g/mol. The van der Waals surface area contributed by atoms with Gasteiger partial charge in [-0.1, -0.05) is 54.0 Å². The molecule has 0 saturated carbocycles. The van der Waals surface area contributed by atoms with E-state index < -0.39 is 6.04 Å². The Kier molecular flexibility index (Phi) is 9.19. The van der Waals surface area contributed by atoms with Crippen molar-refractivity contribution >= 4 is 27.7 Å². The first-order valence-electron chi connectivity index (χ1n) is 9.98. The van der Waals surface area contributed by atoms with Gasteiger partial charge >= 0.3 is 0 Å². The molecule has 0 bridgehead atoms. The molecule has 0 aliphatic heterocycles. The van der Waals surface area contributed by atoms with Crippen molar-refractivity contribution in [2.45, 2.75) is 46.2 Å². The summed E-state index contributed by atoms with van der Waals surface area (Å²) >= 11 is 3.42. The predicted octanol–water partition coefficient (Wildman–Crippen LogP) is 4.33. The fourth-order valence-electron chi connectivity index (χ4n) is 2.81. The minimum Gasteiger partial charge on any atom is -0.484 e. The molecule has 0 aliphatic carbocycles. The highest BCUT2D eigenvalue weighted by Gasteiger charge is 2.26. The number of ether oxygens (including phenoxy) is 1. The van der Waals surface area contributed by atoms with E-state index in [0.717, 1.165) is 22.9 Å². The molecule has 0 spiro atoms. The van der Waals surface area contributed by atoms with Crippen LogP contribution in [0.2, 0.25) is 0 Å². The lowest BCUT2D eigenvalue weighted by atomic mass is 10.1. The first-order chi connectivity index (χ1) is 13.9. The summed E-state index contributed by atoms with van der Waals surface area (Å²) in [5, 5.41) is 2.87. The maximum Gasteiger partial charge on any atom is 0.261 e. The van der Waals surface area contributed by atoms with Crippen molar-refractivity contribution in [1.82, 2.24) is 10.2 Å². The van der Waals surface area contributed by atoms with Gasteiger partial charge in [0.25, 0.3) is 5.91 Å². The van der Waals surface area contributed by atoms with Crippen LogP contribution in [0.4, 0.5) is 0 Å². The summed E-state index contributed by atoms with van der Waals surface area (Å²) in [7, 11) is 0. The van der Waals surface area contributed by atoms with Crippen LogP contribution in [0.5, 0.6) is 5.75 Å². The molecule has 0 unspecified atom stereocenters. The van der Waals surface area contributed by atoms with Crippen LogP contribution in [-0.4, -0.2) is 35.9 Å². The minimum absolute atomic E-state index is 0.118. The Balaban J connectivity index is 2.09. The fraction of sp³-hybridized carbons (Fsp3) is 0.391. The van der Waals surface area contributed by atoms with Crippen LogP contribution < -0.4 is 10.1 Å². The number of nitrogens with one attached hydrogen (secondary N) is 1. The second-order valence-corrected chi connectivity index (χ2v) is 7.82. The highest BCUT2D eigenvalue weighted by molar-refractivity contribution is 9.10. The van der Waals surface area contributed by atoms with Crippen LogP contribution in [0, 0.1) is 0 Å². The molecule has 2 rings (SSSR count). The van der Waals surface area contributed by atoms with Gasteiger partial charge in [-0.2, -0.15) is 0 Å².